The minimum atomic E-state index is -1.03. The summed E-state index contributed by atoms with van der Waals surface area (Å²) in [6.07, 6.45) is 4.14. The summed E-state index contributed by atoms with van der Waals surface area (Å²) in [5.74, 6) is -3.28. The zero-order valence-electron chi connectivity index (χ0n) is 27.6. The Morgan fingerprint density at radius 2 is 1.42 bits per heavy atom. The quantitative estimate of drug-likeness (QED) is 0.0617. The first-order valence-electron chi connectivity index (χ1n) is 16.3. The van der Waals surface area contributed by atoms with E-state index in [2.05, 4.69) is 36.9 Å². The normalized spacial score (nSPS) is 15.4. The third-order valence-electron chi connectivity index (χ3n) is 8.17. The van der Waals surface area contributed by atoms with Gasteiger partial charge >= 0.3 is 6.03 Å². The lowest BCUT2D eigenvalue weighted by Crippen LogP contribution is -2.54. The Kier molecular flexibility index (Phi) is 10.7. The predicted octanol–water partition coefficient (Wildman–Crippen LogP) is 2.95. The molecular weight excluding hydrogens is 672 g/mol. The van der Waals surface area contributed by atoms with Gasteiger partial charge in [-0.2, -0.15) is 0 Å². The monoisotopic (exact) mass is 706 g/mol. The summed E-state index contributed by atoms with van der Waals surface area (Å²) in [5.41, 5.74) is 3.52. The fraction of sp³-hybridized carbons (Fsp3) is 0.194. The van der Waals surface area contributed by atoms with Crippen molar-refractivity contribution in [1.29, 1.82) is 0 Å². The summed E-state index contributed by atoms with van der Waals surface area (Å²) in [6.45, 7) is 1.02. The average Bonchev–Trinajstić information content (AvgIpc) is 3.69. The van der Waals surface area contributed by atoms with Gasteiger partial charge in [-0.25, -0.2) is 4.79 Å². The van der Waals surface area contributed by atoms with Crippen LogP contribution in [0.15, 0.2) is 85.1 Å². The minimum Gasteiger partial charge on any atom is -0.383 e. The van der Waals surface area contributed by atoms with E-state index in [0.29, 0.717) is 29.3 Å². The molecule has 16 nitrogen and oxygen atoms in total. The van der Waals surface area contributed by atoms with Crippen LogP contribution in [-0.2, 0) is 23.9 Å². The largest absolute Gasteiger partial charge is 0.383 e. The molecule has 1 aromatic heterocycles. The summed E-state index contributed by atoms with van der Waals surface area (Å²) < 4.78 is 5.52. The second-order valence-corrected chi connectivity index (χ2v) is 11.8. The fourth-order valence-corrected chi connectivity index (χ4v) is 5.65. The molecule has 4 aromatic rings. The molecule has 1 unspecified atom stereocenters. The molecule has 0 aliphatic carbocycles. The topological polar surface area (TPSA) is 220 Å². The summed E-state index contributed by atoms with van der Waals surface area (Å²) >= 11 is 0. The van der Waals surface area contributed by atoms with E-state index >= 15 is 0 Å². The number of carbonyl (C=O) groups is 7. The second-order valence-electron chi connectivity index (χ2n) is 11.8. The molecule has 3 aromatic carbocycles. The Morgan fingerprint density at radius 3 is 2.21 bits per heavy atom. The number of rotatable bonds is 13. The van der Waals surface area contributed by atoms with Crippen molar-refractivity contribution in [2.24, 2.45) is 0 Å². The highest BCUT2D eigenvalue weighted by Crippen LogP contribution is 2.29. The number of anilines is 4. The van der Waals surface area contributed by atoms with Crippen molar-refractivity contribution in [3.63, 3.8) is 0 Å². The Balaban J connectivity index is 0.846. The number of benzene rings is 3. The molecule has 8 amide bonds. The molecule has 3 heterocycles. The number of aromatic nitrogens is 1. The summed E-state index contributed by atoms with van der Waals surface area (Å²) in [4.78, 5) is 90.3. The first kappa shape index (κ1) is 35.0. The summed E-state index contributed by atoms with van der Waals surface area (Å²) in [6, 6.07) is 17.1. The van der Waals surface area contributed by atoms with Gasteiger partial charge < -0.3 is 36.3 Å². The number of imide groups is 2. The summed E-state index contributed by atoms with van der Waals surface area (Å²) in [7, 11) is 0. The number of urea groups is 1. The number of piperidine rings is 1. The third-order valence-corrected chi connectivity index (χ3v) is 8.17. The molecule has 0 spiro atoms. The van der Waals surface area contributed by atoms with Crippen LogP contribution >= 0.6 is 0 Å². The van der Waals surface area contributed by atoms with E-state index in [4.69, 9.17) is 4.74 Å². The number of nitrogens with zero attached hydrogens (tertiary/aromatic N) is 1. The van der Waals surface area contributed by atoms with E-state index in [0.717, 1.165) is 28.0 Å². The maximum Gasteiger partial charge on any atom is 0.323 e. The zero-order valence-corrected chi connectivity index (χ0v) is 27.6. The molecule has 266 valence electrons. The van der Waals surface area contributed by atoms with Gasteiger partial charge in [-0.1, -0.05) is 0 Å². The molecule has 0 saturated carbocycles. The first-order chi connectivity index (χ1) is 25.1. The van der Waals surface area contributed by atoms with Crippen molar-refractivity contribution in [3.8, 4) is 0 Å². The molecule has 0 radical (unpaired) electrons. The third kappa shape index (κ3) is 8.48. The molecule has 2 aliphatic rings. The number of amides is 8. The van der Waals surface area contributed by atoms with E-state index in [-0.39, 0.29) is 43.7 Å². The predicted molar refractivity (Wildman–Crippen MR) is 191 cm³/mol. The minimum absolute atomic E-state index is 0.0440. The Labute approximate surface area is 296 Å². The van der Waals surface area contributed by atoms with Crippen molar-refractivity contribution in [3.05, 3.63) is 96.2 Å². The maximum absolute atomic E-state index is 13.0. The van der Waals surface area contributed by atoms with Crippen LogP contribution in [0.5, 0.6) is 0 Å². The number of aromatic amines is 1. The standard InChI is InChI=1S/C36H34N8O8/c45-30(11-12-31(46)40-22-1-3-23(4-2-22)41-36(51)42-25-6-8-28-21(19-25)13-14-38-28)39-16-18-52-17-15-37-24-5-7-26-27(20-24)35(50)44(34(26)49)29-9-10-32(47)43-33(29)48/h1-8,11-14,19-20,29,37-38H,9-10,15-18H2,(H,39,45)(H,40,46)(H2,41,42,51)(H,43,47,48)/b12-11+. The van der Waals surface area contributed by atoms with Crippen LogP contribution in [0.25, 0.3) is 10.9 Å². The van der Waals surface area contributed by atoms with Gasteiger partial charge in [0.1, 0.15) is 6.04 Å². The van der Waals surface area contributed by atoms with Crippen LogP contribution in [0.3, 0.4) is 0 Å². The molecule has 0 bridgehead atoms. The number of carbonyl (C=O) groups excluding carboxylic acids is 7. The highest BCUT2D eigenvalue weighted by molar-refractivity contribution is 6.23. The van der Waals surface area contributed by atoms with Crippen LogP contribution in [0, 0.1) is 0 Å². The van der Waals surface area contributed by atoms with E-state index in [1.807, 2.05) is 24.4 Å². The molecule has 1 atom stereocenters. The Morgan fingerprint density at radius 1 is 0.750 bits per heavy atom. The number of hydrogen-bond acceptors (Lipinski definition) is 9. The number of H-pyrrole nitrogens is 1. The van der Waals surface area contributed by atoms with E-state index in [9.17, 15) is 33.6 Å². The number of nitrogens with one attached hydrogen (secondary N) is 7. The van der Waals surface area contributed by atoms with Crippen LogP contribution in [0.1, 0.15) is 33.6 Å². The maximum atomic E-state index is 13.0. The number of fused-ring (bicyclic) bond motifs is 2. The highest BCUT2D eigenvalue weighted by atomic mass is 16.5. The Bertz CT molecular complexity index is 2090. The number of hydrogen-bond donors (Lipinski definition) is 7. The van der Waals surface area contributed by atoms with Crippen molar-refractivity contribution in [2.45, 2.75) is 18.9 Å². The van der Waals surface area contributed by atoms with Crippen LogP contribution < -0.4 is 31.9 Å². The van der Waals surface area contributed by atoms with E-state index < -0.39 is 47.5 Å². The molecule has 1 saturated heterocycles. The Hall–Kier alpha value is -6.81. The van der Waals surface area contributed by atoms with Gasteiger partial charge in [0.05, 0.1) is 24.3 Å². The average molecular weight is 707 g/mol. The lowest BCUT2D eigenvalue weighted by Gasteiger charge is -2.27. The van der Waals surface area contributed by atoms with Gasteiger partial charge in [0.25, 0.3) is 11.8 Å². The molecule has 52 heavy (non-hydrogen) atoms. The van der Waals surface area contributed by atoms with Gasteiger partial charge in [-0.15, -0.1) is 0 Å². The van der Waals surface area contributed by atoms with Gasteiger partial charge in [0.15, 0.2) is 0 Å². The first-order valence-corrected chi connectivity index (χ1v) is 16.3. The van der Waals surface area contributed by atoms with Crippen molar-refractivity contribution < 1.29 is 38.3 Å². The SMILES string of the molecule is O=C(/C=C/C(=O)Nc1ccc(NC(=O)Nc2ccc3[nH]ccc3c2)cc1)NCCOCCNc1ccc2c(c1)C(=O)N(C1CCC(=O)NC1=O)C2=O. The van der Waals surface area contributed by atoms with Gasteiger partial charge in [0.2, 0.25) is 23.6 Å². The van der Waals surface area contributed by atoms with Gasteiger partial charge in [0, 0.05) is 71.5 Å². The zero-order chi connectivity index (χ0) is 36.6. The van der Waals surface area contributed by atoms with Crippen molar-refractivity contribution in [1.82, 2.24) is 20.5 Å². The molecule has 2 aliphatic heterocycles. The van der Waals surface area contributed by atoms with Crippen LogP contribution in [0.2, 0.25) is 0 Å². The molecule has 7 N–H and O–H groups in total. The fourth-order valence-electron chi connectivity index (χ4n) is 5.65. The highest BCUT2D eigenvalue weighted by Gasteiger charge is 2.44. The van der Waals surface area contributed by atoms with E-state index in [1.165, 1.54) is 12.1 Å². The molecule has 16 heteroatoms. The van der Waals surface area contributed by atoms with Crippen molar-refractivity contribution >= 4 is 75.1 Å². The summed E-state index contributed by atoms with van der Waals surface area (Å²) in [5, 5.41) is 17.0. The van der Waals surface area contributed by atoms with E-state index in [1.54, 1.807) is 36.4 Å². The lowest BCUT2D eigenvalue weighted by atomic mass is 10.0. The molecular formula is C36H34N8O8. The van der Waals surface area contributed by atoms with Crippen molar-refractivity contribution in [2.75, 3.05) is 47.6 Å². The van der Waals surface area contributed by atoms with Gasteiger partial charge in [-0.3, -0.25) is 39.0 Å². The lowest BCUT2D eigenvalue weighted by molar-refractivity contribution is -0.136. The smallest absolute Gasteiger partial charge is 0.323 e. The van der Waals surface area contributed by atoms with Crippen LogP contribution in [-0.4, -0.2) is 83.7 Å². The van der Waals surface area contributed by atoms with Crippen LogP contribution in [0.4, 0.5) is 27.5 Å². The molecule has 6 rings (SSSR count). The second kappa shape index (κ2) is 15.8. The number of ether oxygens (including phenoxy) is 1. The van der Waals surface area contributed by atoms with Gasteiger partial charge in [-0.05, 0) is 73.2 Å². The molecule has 1 fully saturated rings.